The Morgan fingerprint density at radius 3 is 1.64 bits per heavy atom. The third-order valence-corrected chi connectivity index (χ3v) is 0.442. The van der Waals surface area contributed by atoms with Crippen LogP contribution in [0.15, 0.2) is 38.5 Å². The molecule has 0 bridgehead atoms. The number of ether oxygens (including phenoxy) is 2. The summed E-state index contributed by atoms with van der Waals surface area (Å²) < 4.78 is 8.53. The third kappa shape index (κ3) is 29.4. The van der Waals surface area contributed by atoms with Crippen LogP contribution >= 0.6 is 0 Å². The van der Waals surface area contributed by atoms with Gasteiger partial charge < -0.3 is 9.47 Å². The average molecular weight is 156 g/mol. The van der Waals surface area contributed by atoms with Crippen molar-refractivity contribution in [3.05, 3.63) is 38.5 Å². The van der Waals surface area contributed by atoms with E-state index in [1.165, 1.54) is 19.4 Å². The van der Waals surface area contributed by atoms with E-state index in [1.807, 2.05) is 0 Å². The summed E-state index contributed by atoms with van der Waals surface area (Å²) in [6, 6.07) is 0. The maximum atomic E-state index is 9.75. The Morgan fingerprint density at radius 2 is 1.64 bits per heavy atom. The predicted octanol–water partition coefficient (Wildman–Crippen LogP) is 1.98. The lowest BCUT2D eigenvalue weighted by atomic mass is 10.8. The van der Waals surface area contributed by atoms with Gasteiger partial charge in [0.25, 0.3) is 0 Å². The summed E-state index contributed by atoms with van der Waals surface area (Å²) in [6.45, 7) is 11.0. The van der Waals surface area contributed by atoms with Gasteiger partial charge in [-0.1, -0.05) is 19.7 Å². The van der Waals surface area contributed by atoms with Crippen molar-refractivity contribution in [3.8, 4) is 0 Å². The Kier molecular flexibility index (Phi) is 12.5. The van der Waals surface area contributed by atoms with Crippen LogP contribution < -0.4 is 0 Å². The zero-order chi connectivity index (χ0) is 9.11. The molecule has 0 aliphatic carbocycles. The van der Waals surface area contributed by atoms with E-state index in [2.05, 4.69) is 29.2 Å². The van der Waals surface area contributed by atoms with Crippen molar-refractivity contribution < 1.29 is 14.3 Å². The average Bonchev–Trinajstić information content (AvgIpc) is 1.90. The fourth-order valence-electron chi connectivity index (χ4n) is 0.185. The fraction of sp³-hybridized carbons (Fsp3) is 0.125. The van der Waals surface area contributed by atoms with Crippen LogP contribution in [0.25, 0.3) is 0 Å². The van der Waals surface area contributed by atoms with Gasteiger partial charge in [0.2, 0.25) is 0 Å². The fourth-order valence-corrected chi connectivity index (χ4v) is 0.185. The molecule has 0 spiro atoms. The molecule has 0 rings (SSSR count). The highest BCUT2D eigenvalue weighted by molar-refractivity contribution is 5.66. The number of rotatable bonds is 3. The summed E-state index contributed by atoms with van der Waals surface area (Å²) in [6.07, 6.45) is 3.72. The van der Waals surface area contributed by atoms with Crippen molar-refractivity contribution >= 4 is 5.97 Å². The SMILES string of the molecule is C=COC(C)=O.C=COC=C. The summed E-state index contributed by atoms with van der Waals surface area (Å²) in [4.78, 5) is 9.75. The second kappa shape index (κ2) is 11.3. The lowest BCUT2D eigenvalue weighted by Gasteiger charge is -1.83. The van der Waals surface area contributed by atoms with E-state index in [0.717, 1.165) is 6.26 Å². The molecule has 0 saturated heterocycles. The summed E-state index contributed by atoms with van der Waals surface area (Å²) in [5.41, 5.74) is 0. The minimum atomic E-state index is -0.329. The Balaban J connectivity index is 0. The van der Waals surface area contributed by atoms with Gasteiger partial charge in [-0.05, 0) is 0 Å². The third-order valence-electron chi connectivity index (χ3n) is 0.442. The first kappa shape index (κ1) is 12.2. The van der Waals surface area contributed by atoms with Crippen LogP contribution in [0.2, 0.25) is 0 Å². The highest BCUT2D eigenvalue weighted by Gasteiger charge is 1.79. The number of carbonyl (C=O) groups is 1. The summed E-state index contributed by atoms with van der Waals surface area (Å²) in [7, 11) is 0. The maximum absolute atomic E-state index is 9.75. The molecule has 0 N–H and O–H groups in total. The molecule has 0 aliphatic rings. The minimum absolute atomic E-state index is 0.329. The Hall–Kier alpha value is -1.51. The molecule has 3 nitrogen and oxygen atoms in total. The van der Waals surface area contributed by atoms with Crippen LogP contribution in [-0.4, -0.2) is 5.97 Å². The van der Waals surface area contributed by atoms with Crippen molar-refractivity contribution in [1.29, 1.82) is 0 Å². The number of esters is 1. The van der Waals surface area contributed by atoms with Gasteiger partial charge in [0, 0.05) is 6.92 Å². The number of carbonyl (C=O) groups excluding carboxylic acids is 1. The lowest BCUT2D eigenvalue weighted by molar-refractivity contribution is -0.135. The highest BCUT2D eigenvalue weighted by Crippen LogP contribution is 1.70. The van der Waals surface area contributed by atoms with Gasteiger partial charge in [-0.25, -0.2) is 0 Å². The van der Waals surface area contributed by atoms with Crippen LogP contribution in [-0.2, 0) is 14.3 Å². The van der Waals surface area contributed by atoms with E-state index in [4.69, 9.17) is 0 Å². The topological polar surface area (TPSA) is 35.5 Å². The van der Waals surface area contributed by atoms with Crippen LogP contribution in [0.3, 0.4) is 0 Å². The van der Waals surface area contributed by atoms with Crippen LogP contribution in [0.5, 0.6) is 0 Å². The summed E-state index contributed by atoms with van der Waals surface area (Å²) >= 11 is 0. The molecule has 0 aliphatic heterocycles. The normalized spacial score (nSPS) is 6.27. The van der Waals surface area contributed by atoms with E-state index in [-0.39, 0.29) is 5.97 Å². The van der Waals surface area contributed by atoms with Crippen LogP contribution in [0.1, 0.15) is 6.92 Å². The maximum Gasteiger partial charge on any atom is 0.307 e. The largest absolute Gasteiger partial charge is 0.474 e. The molecule has 0 heterocycles. The first-order valence-electron chi connectivity index (χ1n) is 2.84. The summed E-state index contributed by atoms with van der Waals surface area (Å²) in [5.74, 6) is -0.329. The molecule has 0 aromatic carbocycles. The Labute approximate surface area is 66.6 Å². The number of hydrogen-bond donors (Lipinski definition) is 0. The molecule has 3 heteroatoms. The van der Waals surface area contributed by atoms with Gasteiger partial charge >= 0.3 is 5.97 Å². The van der Waals surface area contributed by atoms with Crippen molar-refractivity contribution in [3.63, 3.8) is 0 Å². The first-order valence-corrected chi connectivity index (χ1v) is 2.84. The Morgan fingerprint density at radius 1 is 1.18 bits per heavy atom. The van der Waals surface area contributed by atoms with Gasteiger partial charge in [0.05, 0.1) is 18.8 Å². The molecular formula is C8H12O3. The molecule has 0 fully saturated rings. The van der Waals surface area contributed by atoms with Crippen LogP contribution in [0.4, 0.5) is 0 Å². The molecule has 0 amide bonds. The molecule has 11 heavy (non-hydrogen) atoms. The second-order valence-corrected chi connectivity index (χ2v) is 1.25. The molecule has 62 valence electrons. The van der Waals surface area contributed by atoms with E-state index in [0.29, 0.717) is 0 Å². The molecule has 0 aromatic rings. The van der Waals surface area contributed by atoms with Crippen molar-refractivity contribution in [1.82, 2.24) is 0 Å². The quantitative estimate of drug-likeness (QED) is 0.463. The van der Waals surface area contributed by atoms with Gasteiger partial charge in [-0.3, -0.25) is 4.79 Å². The Bertz CT molecular complexity index is 132. The van der Waals surface area contributed by atoms with E-state index in [1.54, 1.807) is 0 Å². The van der Waals surface area contributed by atoms with Gasteiger partial charge in [-0.15, -0.1) is 0 Å². The smallest absolute Gasteiger partial charge is 0.307 e. The second-order valence-electron chi connectivity index (χ2n) is 1.25. The van der Waals surface area contributed by atoms with Gasteiger partial charge in [0.1, 0.15) is 0 Å². The van der Waals surface area contributed by atoms with Gasteiger partial charge in [-0.2, -0.15) is 0 Å². The predicted molar refractivity (Wildman–Crippen MR) is 43.4 cm³/mol. The highest BCUT2D eigenvalue weighted by atomic mass is 16.5. The van der Waals surface area contributed by atoms with Gasteiger partial charge in [0.15, 0.2) is 0 Å². The lowest BCUT2D eigenvalue weighted by Crippen LogP contribution is -1.87. The van der Waals surface area contributed by atoms with E-state index in [9.17, 15) is 4.79 Å². The summed E-state index contributed by atoms with van der Waals surface area (Å²) in [5, 5.41) is 0. The molecule has 0 saturated carbocycles. The first-order chi connectivity index (χ1) is 5.18. The molecule has 0 radical (unpaired) electrons. The van der Waals surface area contributed by atoms with Crippen molar-refractivity contribution in [2.45, 2.75) is 6.92 Å². The number of hydrogen-bond acceptors (Lipinski definition) is 3. The minimum Gasteiger partial charge on any atom is -0.474 e. The van der Waals surface area contributed by atoms with Crippen molar-refractivity contribution in [2.24, 2.45) is 0 Å². The molecular weight excluding hydrogens is 144 g/mol. The molecule has 0 aromatic heterocycles. The van der Waals surface area contributed by atoms with E-state index >= 15 is 0 Å². The zero-order valence-electron chi connectivity index (χ0n) is 6.58. The van der Waals surface area contributed by atoms with Crippen molar-refractivity contribution in [2.75, 3.05) is 0 Å². The van der Waals surface area contributed by atoms with Crippen LogP contribution in [0, 0.1) is 0 Å². The monoisotopic (exact) mass is 156 g/mol. The standard InChI is InChI=1S/C4H6O2.C4H6O/c1-3-6-4(2)5;1-3-5-4-2/h3H,1H2,2H3;3-4H,1-2H2. The van der Waals surface area contributed by atoms with E-state index < -0.39 is 0 Å². The zero-order valence-corrected chi connectivity index (χ0v) is 6.58. The molecule has 0 atom stereocenters. The molecule has 0 unspecified atom stereocenters.